The smallest absolute Gasteiger partial charge is 0.312 e. The Labute approximate surface area is 227 Å². The van der Waals surface area contributed by atoms with Crippen molar-refractivity contribution in [3.05, 3.63) is 114 Å². The number of esters is 1. The zero-order valence-electron chi connectivity index (χ0n) is 21.9. The molecule has 2 atom stereocenters. The van der Waals surface area contributed by atoms with Crippen molar-refractivity contribution < 1.29 is 23.9 Å². The topological polar surface area (TPSA) is 72.9 Å². The Morgan fingerprint density at radius 1 is 0.846 bits per heavy atom. The first-order valence-electron chi connectivity index (χ1n) is 12.9. The highest BCUT2D eigenvalue weighted by Gasteiger charge is 2.37. The molecule has 39 heavy (non-hydrogen) atoms. The monoisotopic (exact) mass is 519 g/mol. The summed E-state index contributed by atoms with van der Waals surface area (Å²) in [5, 5.41) is 0. The number of hydrogen-bond acceptors (Lipinski definition) is 5. The fourth-order valence-electron chi connectivity index (χ4n) is 4.62. The molecule has 1 heterocycles. The zero-order chi connectivity index (χ0) is 27.4. The molecule has 0 aromatic heterocycles. The Morgan fingerprint density at radius 2 is 1.51 bits per heavy atom. The maximum Gasteiger partial charge on any atom is 0.312 e. The quantitative estimate of drug-likeness (QED) is 0.193. The number of amides is 1. The van der Waals surface area contributed by atoms with Gasteiger partial charge in [0.2, 0.25) is 11.7 Å². The summed E-state index contributed by atoms with van der Waals surface area (Å²) in [5.41, 5.74) is 4.23. The molecule has 1 aliphatic heterocycles. The molecule has 0 bridgehead atoms. The van der Waals surface area contributed by atoms with Crippen LogP contribution < -0.4 is 9.64 Å². The van der Waals surface area contributed by atoms with E-state index in [1.54, 1.807) is 48.2 Å². The molecule has 0 unspecified atom stereocenters. The van der Waals surface area contributed by atoms with Gasteiger partial charge in [-0.2, -0.15) is 0 Å². The third-order valence-corrected chi connectivity index (χ3v) is 6.80. The number of aryl methyl sites for hydroxylation is 1. The summed E-state index contributed by atoms with van der Waals surface area (Å²) < 4.78 is 11.6. The molecule has 5 rings (SSSR count). The van der Waals surface area contributed by atoms with Crippen molar-refractivity contribution >= 4 is 23.3 Å². The second kappa shape index (κ2) is 11.4. The van der Waals surface area contributed by atoms with E-state index >= 15 is 0 Å². The van der Waals surface area contributed by atoms with Crippen LogP contribution in [0.4, 0.5) is 5.69 Å². The fraction of sp³-hybridized carbons (Fsp3) is 0.182. The van der Waals surface area contributed by atoms with E-state index in [-0.39, 0.29) is 24.7 Å². The van der Waals surface area contributed by atoms with Gasteiger partial charge >= 0.3 is 5.97 Å². The third-order valence-electron chi connectivity index (χ3n) is 6.80. The van der Waals surface area contributed by atoms with E-state index in [2.05, 4.69) is 0 Å². The van der Waals surface area contributed by atoms with Gasteiger partial charge in [0.05, 0.1) is 5.92 Å². The number of ether oxygens (including phenoxy) is 2. The van der Waals surface area contributed by atoms with E-state index in [9.17, 15) is 14.4 Å². The van der Waals surface area contributed by atoms with Crippen LogP contribution in [0.25, 0.3) is 11.1 Å². The van der Waals surface area contributed by atoms with Crippen molar-refractivity contribution in [2.45, 2.75) is 26.4 Å². The maximum atomic E-state index is 12.8. The molecule has 1 amide bonds. The average molecular weight is 520 g/mol. The van der Waals surface area contributed by atoms with E-state index in [1.807, 2.05) is 73.7 Å². The zero-order valence-corrected chi connectivity index (χ0v) is 21.9. The van der Waals surface area contributed by atoms with Crippen molar-refractivity contribution in [3.8, 4) is 22.6 Å². The fourth-order valence-corrected chi connectivity index (χ4v) is 4.62. The van der Waals surface area contributed by atoms with Gasteiger partial charge in [-0.15, -0.1) is 0 Å². The Hall–Kier alpha value is -4.71. The predicted molar refractivity (Wildman–Crippen MR) is 150 cm³/mol. The molecule has 4 aromatic carbocycles. The van der Waals surface area contributed by atoms with Crippen LogP contribution in [0, 0.1) is 12.8 Å². The molecule has 6 nitrogen and oxygen atoms in total. The maximum absolute atomic E-state index is 12.8. The largest absolute Gasteiger partial charge is 0.457 e. The Kier molecular flexibility index (Phi) is 7.55. The predicted octanol–water partition coefficient (Wildman–Crippen LogP) is 6.62. The lowest BCUT2D eigenvalue weighted by Crippen LogP contribution is -2.30. The molecular weight excluding hydrogens is 490 g/mol. The standard InChI is InChI=1S/C33H29NO5/c1-22-12-14-25(15-13-22)32(36)23(2)38-33(37)26-20-31(35)34(21-26)27-16-18-28(19-17-27)39-30-11-7-6-10-29(30)24-8-4-3-5-9-24/h3-19,23,26H,20-21H2,1-2H3/t23-,26-/m1/s1. The summed E-state index contributed by atoms with van der Waals surface area (Å²) in [6, 6.07) is 32.2. The first-order valence-corrected chi connectivity index (χ1v) is 12.9. The van der Waals surface area contributed by atoms with Gasteiger partial charge in [0.1, 0.15) is 11.5 Å². The minimum atomic E-state index is -0.931. The molecule has 4 aromatic rings. The highest BCUT2D eigenvalue weighted by molar-refractivity contribution is 6.02. The van der Waals surface area contributed by atoms with Crippen LogP contribution >= 0.6 is 0 Å². The molecular formula is C33H29NO5. The summed E-state index contributed by atoms with van der Waals surface area (Å²) in [4.78, 5) is 39.8. The molecule has 0 spiro atoms. The Balaban J connectivity index is 1.22. The normalized spacial score (nSPS) is 15.6. The molecule has 0 radical (unpaired) electrons. The van der Waals surface area contributed by atoms with Gasteiger partial charge < -0.3 is 14.4 Å². The van der Waals surface area contributed by atoms with Crippen LogP contribution in [-0.4, -0.2) is 30.3 Å². The Bertz CT molecular complexity index is 1480. The lowest BCUT2D eigenvalue weighted by Gasteiger charge is -2.18. The van der Waals surface area contributed by atoms with Crippen molar-refractivity contribution in [2.75, 3.05) is 11.4 Å². The molecule has 1 fully saturated rings. The number of rotatable bonds is 8. The van der Waals surface area contributed by atoms with Crippen LogP contribution in [0.3, 0.4) is 0 Å². The number of carbonyl (C=O) groups excluding carboxylic acids is 3. The lowest BCUT2D eigenvalue weighted by atomic mass is 10.0. The van der Waals surface area contributed by atoms with Crippen LogP contribution in [0.2, 0.25) is 0 Å². The first kappa shape index (κ1) is 25.9. The first-order chi connectivity index (χ1) is 18.9. The van der Waals surface area contributed by atoms with Crippen molar-refractivity contribution in [1.29, 1.82) is 0 Å². The van der Waals surface area contributed by atoms with Crippen molar-refractivity contribution in [3.63, 3.8) is 0 Å². The minimum Gasteiger partial charge on any atom is -0.457 e. The van der Waals surface area contributed by atoms with Gasteiger partial charge in [0.15, 0.2) is 6.10 Å². The van der Waals surface area contributed by atoms with E-state index in [4.69, 9.17) is 9.47 Å². The summed E-state index contributed by atoms with van der Waals surface area (Å²) in [6.45, 7) is 3.69. The van der Waals surface area contributed by atoms with Gasteiger partial charge in [-0.25, -0.2) is 0 Å². The molecule has 196 valence electrons. The van der Waals surface area contributed by atoms with Crippen LogP contribution in [0.5, 0.6) is 11.5 Å². The van der Waals surface area contributed by atoms with Crippen molar-refractivity contribution in [2.24, 2.45) is 5.92 Å². The van der Waals surface area contributed by atoms with E-state index in [1.165, 1.54) is 0 Å². The lowest BCUT2D eigenvalue weighted by molar-refractivity contribution is -0.151. The molecule has 1 saturated heterocycles. The summed E-state index contributed by atoms with van der Waals surface area (Å²) in [5.74, 6) is -0.263. The van der Waals surface area contributed by atoms with E-state index in [0.29, 0.717) is 17.0 Å². The molecule has 0 saturated carbocycles. The second-order valence-electron chi connectivity index (χ2n) is 9.67. The summed E-state index contributed by atoms with van der Waals surface area (Å²) in [6.07, 6.45) is -0.896. The number of benzene rings is 4. The van der Waals surface area contributed by atoms with Crippen LogP contribution in [0.15, 0.2) is 103 Å². The van der Waals surface area contributed by atoms with Gasteiger partial charge in [-0.05, 0) is 49.7 Å². The Morgan fingerprint density at radius 3 is 2.23 bits per heavy atom. The number of nitrogens with zero attached hydrogens (tertiary/aromatic N) is 1. The average Bonchev–Trinajstić information content (AvgIpc) is 3.36. The minimum absolute atomic E-state index is 0.0347. The summed E-state index contributed by atoms with van der Waals surface area (Å²) >= 11 is 0. The molecule has 1 aliphatic rings. The molecule has 6 heteroatoms. The SMILES string of the molecule is Cc1ccc(C(=O)[C@@H](C)OC(=O)[C@@H]2CC(=O)N(c3ccc(Oc4ccccc4-c4ccccc4)cc3)C2)cc1. The van der Waals surface area contributed by atoms with Gasteiger partial charge in [-0.1, -0.05) is 78.4 Å². The van der Waals surface area contributed by atoms with Gasteiger partial charge in [0, 0.05) is 29.8 Å². The van der Waals surface area contributed by atoms with E-state index < -0.39 is 18.0 Å². The van der Waals surface area contributed by atoms with Crippen LogP contribution in [0.1, 0.15) is 29.3 Å². The van der Waals surface area contributed by atoms with E-state index in [0.717, 1.165) is 22.4 Å². The number of hydrogen-bond donors (Lipinski definition) is 0. The van der Waals surface area contributed by atoms with Crippen molar-refractivity contribution in [1.82, 2.24) is 0 Å². The molecule has 0 N–H and O–H groups in total. The van der Waals surface area contributed by atoms with Crippen LogP contribution in [-0.2, 0) is 14.3 Å². The molecule has 0 aliphatic carbocycles. The second-order valence-corrected chi connectivity index (χ2v) is 9.67. The third kappa shape index (κ3) is 5.91. The number of para-hydroxylation sites is 1. The number of anilines is 1. The summed E-state index contributed by atoms with van der Waals surface area (Å²) in [7, 11) is 0. The number of ketones is 1. The van der Waals surface area contributed by atoms with Gasteiger partial charge in [-0.3, -0.25) is 14.4 Å². The number of carbonyl (C=O) groups is 3. The highest BCUT2D eigenvalue weighted by Crippen LogP contribution is 2.34. The highest BCUT2D eigenvalue weighted by atomic mass is 16.5. The van der Waals surface area contributed by atoms with Gasteiger partial charge in [0.25, 0.3) is 0 Å². The number of Topliss-reactive ketones (excluding diaryl/α,β-unsaturated/α-hetero) is 1.